The molecule has 1 heterocycles. The van der Waals surface area contributed by atoms with E-state index in [9.17, 15) is 22.4 Å². The average Bonchev–Trinajstić information content (AvgIpc) is 2.99. The van der Waals surface area contributed by atoms with E-state index in [1.807, 2.05) is 33.8 Å². The van der Waals surface area contributed by atoms with E-state index < -0.39 is 23.5 Å². The third kappa shape index (κ3) is 4.49. The third-order valence-electron chi connectivity index (χ3n) is 5.25. The molecule has 170 valence electrons. The Morgan fingerprint density at radius 1 is 1.16 bits per heavy atom. The SMILES string of the molecule is CCOc1c(/C(C)=C/C(=O)Nc2ccc(F)c(C(F)(F)F)c2)cc2c(C)c(C)oc2c1C. The number of hydrogen-bond donors (Lipinski definition) is 1. The molecule has 1 aromatic heterocycles. The molecule has 0 bridgehead atoms. The van der Waals surface area contributed by atoms with Crippen molar-refractivity contribution in [2.24, 2.45) is 0 Å². The zero-order valence-corrected chi connectivity index (χ0v) is 18.3. The summed E-state index contributed by atoms with van der Waals surface area (Å²) in [7, 11) is 0. The van der Waals surface area contributed by atoms with Crippen LogP contribution in [0, 0.1) is 26.6 Å². The summed E-state index contributed by atoms with van der Waals surface area (Å²) >= 11 is 0. The molecule has 3 aromatic rings. The molecule has 0 saturated carbocycles. The molecule has 0 aliphatic heterocycles. The Labute approximate surface area is 182 Å². The fraction of sp³-hybridized carbons (Fsp3) is 0.292. The molecule has 8 heteroatoms. The molecule has 32 heavy (non-hydrogen) atoms. The first kappa shape index (κ1) is 23.4. The molecule has 0 radical (unpaired) electrons. The Bertz CT molecular complexity index is 1220. The fourth-order valence-electron chi connectivity index (χ4n) is 3.51. The summed E-state index contributed by atoms with van der Waals surface area (Å²) in [5.41, 5.74) is 2.08. The van der Waals surface area contributed by atoms with Crippen LogP contribution in [0.4, 0.5) is 23.2 Å². The van der Waals surface area contributed by atoms with Gasteiger partial charge in [-0.15, -0.1) is 0 Å². The molecule has 0 aliphatic carbocycles. The maximum absolute atomic E-state index is 13.5. The predicted molar refractivity (Wildman–Crippen MR) is 115 cm³/mol. The van der Waals surface area contributed by atoms with Crippen molar-refractivity contribution in [3.05, 3.63) is 64.2 Å². The van der Waals surface area contributed by atoms with Gasteiger partial charge < -0.3 is 14.5 Å². The molecule has 2 aromatic carbocycles. The van der Waals surface area contributed by atoms with E-state index in [0.29, 0.717) is 41.2 Å². The van der Waals surface area contributed by atoms with E-state index in [-0.39, 0.29) is 5.69 Å². The predicted octanol–water partition coefficient (Wildman–Crippen LogP) is 6.96. The molecule has 0 unspecified atom stereocenters. The van der Waals surface area contributed by atoms with E-state index in [4.69, 9.17) is 9.15 Å². The smallest absolute Gasteiger partial charge is 0.419 e. The van der Waals surface area contributed by atoms with Crippen LogP contribution in [-0.4, -0.2) is 12.5 Å². The third-order valence-corrected chi connectivity index (χ3v) is 5.25. The molecule has 4 nitrogen and oxygen atoms in total. The number of furan rings is 1. The Balaban J connectivity index is 1.99. The number of hydrogen-bond acceptors (Lipinski definition) is 3. The maximum atomic E-state index is 13.5. The van der Waals surface area contributed by atoms with Crippen molar-refractivity contribution in [2.45, 2.75) is 40.8 Å². The largest absolute Gasteiger partial charge is 0.493 e. The molecule has 3 rings (SSSR count). The van der Waals surface area contributed by atoms with Crippen LogP contribution in [0.25, 0.3) is 16.5 Å². The van der Waals surface area contributed by atoms with Gasteiger partial charge in [-0.1, -0.05) is 0 Å². The number of alkyl halides is 3. The van der Waals surface area contributed by atoms with Crippen molar-refractivity contribution in [2.75, 3.05) is 11.9 Å². The molecular weight excluding hydrogens is 426 g/mol. The normalized spacial score (nSPS) is 12.3. The van der Waals surface area contributed by atoms with Gasteiger partial charge in [-0.05, 0) is 70.0 Å². The van der Waals surface area contributed by atoms with Gasteiger partial charge in [0, 0.05) is 28.3 Å². The van der Waals surface area contributed by atoms with Crippen molar-refractivity contribution < 1.29 is 31.5 Å². The van der Waals surface area contributed by atoms with Crippen molar-refractivity contribution in [1.29, 1.82) is 0 Å². The molecule has 0 atom stereocenters. The number of nitrogens with one attached hydrogen (secondary N) is 1. The van der Waals surface area contributed by atoms with Gasteiger partial charge >= 0.3 is 6.18 Å². The fourth-order valence-corrected chi connectivity index (χ4v) is 3.51. The summed E-state index contributed by atoms with van der Waals surface area (Å²) in [6.45, 7) is 9.60. The number of halogens is 4. The molecule has 1 N–H and O–H groups in total. The Kier molecular flexibility index (Phi) is 6.34. The number of benzene rings is 2. The highest BCUT2D eigenvalue weighted by Gasteiger charge is 2.34. The summed E-state index contributed by atoms with van der Waals surface area (Å²) < 4.78 is 63.9. The van der Waals surface area contributed by atoms with Crippen LogP contribution in [0.2, 0.25) is 0 Å². The van der Waals surface area contributed by atoms with Crippen molar-refractivity contribution in [3.8, 4) is 5.75 Å². The Hall–Kier alpha value is -3.29. The number of fused-ring (bicyclic) bond motifs is 1. The quantitative estimate of drug-likeness (QED) is 0.339. The van der Waals surface area contributed by atoms with Gasteiger partial charge in [0.15, 0.2) is 0 Å². The van der Waals surface area contributed by atoms with Crippen molar-refractivity contribution >= 4 is 28.1 Å². The number of anilines is 1. The van der Waals surface area contributed by atoms with Gasteiger partial charge in [0.25, 0.3) is 0 Å². The number of aryl methyl sites for hydroxylation is 3. The second-order valence-electron chi connectivity index (χ2n) is 7.48. The highest BCUT2D eigenvalue weighted by Crippen LogP contribution is 2.39. The monoisotopic (exact) mass is 449 g/mol. The molecule has 1 amide bonds. The number of carbonyl (C=O) groups excluding carboxylic acids is 1. The number of allylic oxidation sites excluding steroid dienone is 1. The summed E-state index contributed by atoms with van der Waals surface area (Å²) in [6.07, 6.45) is -3.60. The zero-order valence-electron chi connectivity index (χ0n) is 18.3. The van der Waals surface area contributed by atoms with Gasteiger partial charge in [0.05, 0.1) is 12.2 Å². The van der Waals surface area contributed by atoms with E-state index in [0.717, 1.165) is 28.3 Å². The summed E-state index contributed by atoms with van der Waals surface area (Å²) in [5, 5.41) is 3.25. The van der Waals surface area contributed by atoms with Gasteiger partial charge in [-0.3, -0.25) is 4.79 Å². The van der Waals surface area contributed by atoms with E-state index >= 15 is 0 Å². The van der Waals surface area contributed by atoms with E-state index in [1.54, 1.807) is 6.92 Å². The number of carbonyl (C=O) groups is 1. The highest BCUT2D eigenvalue weighted by atomic mass is 19.4. The van der Waals surface area contributed by atoms with Crippen molar-refractivity contribution in [3.63, 3.8) is 0 Å². The first-order valence-electron chi connectivity index (χ1n) is 9.96. The van der Waals surface area contributed by atoms with Crippen LogP contribution in [0.1, 0.15) is 41.9 Å². The molecule has 0 aliphatic rings. The average molecular weight is 449 g/mol. The standard InChI is InChI=1S/C24H23F4NO3/c1-6-31-22-14(4)23-18(13(3)15(5)32-23)11-17(22)12(2)9-21(30)29-16-7-8-20(25)19(10-16)24(26,27)28/h7-11H,6H2,1-5H3,(H,29,30)/b12-9+. The lowest BCUT2D eigenvalue weighted by molar-refractivity contribution is -0.140. The first-order valence-corrected chi connectivity index (χ1v) is 9.96. The lowest BCUT2D eigenvalue weighted by Gasteiger charge is -2.15. The summed E-state index contributed by atoms with van der Waals surface area (Å²) in [6, 6.07) is 4.18. The molecular formula is C24H23F4NO3. The van der Waals surface area contributed by atoms with Crippen LogP contribution >= 0.6 is 0 Å². The lowest BCUT2D eigenvalue weighted by Crippen LogP contribution is -2.12. The number of amides is 1. The second kappa shape index (κ2) is 8.68. The number of ether oxygens (including phenoxy) is 1. The van der Waals surface area contributed by atoms with Crippen LogP contribution in [-0.2, 0) is 11.0 Å². The van der Waals surface area contributed by atoms with E-state index in [1.165, 1.54) is 6.08 Å². The highest BCUT2D eigenvalue weighted by molar-refractivity contribution is 6.05. The minimum atomic E-state index is -4.86. The van der Waals surface area contributed by atoms with Crippen LogP contribution in [0.15, 0.2) is 34.8 Å². The van der Waals surface area contributed by atoms with Gasteiger partial charge in [-0.2, -0.15) is 13.2 Å². The lowest BCUT2D eigenvalue weighted by atomic mass is 9.98. The van der Waals surface area contributed by atoms with Crippen LogP contribution in [0.3, 0.4) is 0 Å². The molecule has 0 fully saturated rings. The minimum Gasteiger partial charge on any atom is -0.493 e. The maximum Gasteiger partial charge on any atom is 0.419 e. The minimum absolute atomic E-state index is 0.161. The first-order chi connectivity index (χ1) is 14.9. The summed E-state index contributed by atoms with van der Waals surface area (Å²) in [4.78, 5) is 12.5. The Morgan fingerprint density at radius 3 is 2.47 bits per heavy atom. The molecule has 0 saturated heterocycles. The number of rotatable bonds is 5. The van der Waals surface area contributed by atoms with E-state index in [2.05, 4.69) is 5.32 Å². The van der Waals surface area contributed by atoms with Crippen molar-refractivity contribution in [1.82, 2.24) is 0 Å². The van der Waals surface area contributed by atoms with Gasteiger partial charge in [0.2, 0.25) is 5.91 Å². The second-order valence-corrected chi connectivity index (χ2v) is 7.48. The Morgan fingerprint density at radius 2 is 1.84 bits per heavy atom. The topological polar surface area (TPSA) is 51.5 Å². The summed E-state index contributed by atoms with van der Waals surface area (Å²) in [5.74, 6) is -0.712. The van der Waals surface area contributed by atoms with Crippen LogP contribution in [0.5, 0.6) is 5.75 Å². The van der Waals surface area contributed by atoms with Gasteiger partial charge in [-0.25, -0.2) is 4.39 Å². The van der Waals surface area contributed by atoms with Gasteiger partial charge in [0.1, 0.15) is 22.9 Å². The molecule has 0 spiro atoms. The zero-order chi connectivity index (χ0) is 23.8. The van der Waals surface area contributed by atoms with Crippen LogP contribution < -0.4 is 10.1 Å².